The first-order chi connectivity index (χ1) is 12.0. The molecule has 3 rings (SSSR count). The van der Waals surface area contributed by atoms with Gasteiger partial charge in [0.1, 0.15) is 0 Å². The average molecular weight is 470 g/mol. The van der Waals surface area contributed by atoms with Crippen LogP contribution in [0, 0.1) is 3.57 Å². The van der Waals surface area contributed by atoms with Gasteiger partial charge in [-0.05, 0) is 78.9 Å². The molecule has 1 fully saturated rings. The lowest BCUT2D eigenvalue weighted by molar-refractivity contribution is 0.169. The maximum absolute atomic E-state index is 13.4. The SMILES string of the molecule is CN1CCCC(N(Cc2ccccc2)S(=O)(=O)c2ccc(I)cc2)C1. The van der Waals surface area contributed by atoms with Crippen molar-refractivity contribution in [3.8, 4) is 0 Å². The van der Waals surface area contributed by atoms with Gasteiger partial charge >= 0.3 is 0 Å². The molecule has 0 aromatic heterocycles. The van der Waals surface area contributed by atoms with Gasteiger partial charge in [0.25, 0.3) is 0 Å². The van der Waals surface area contributed by atoms with Crippen molar-refractivity contribution in [2.45, 2.75) is 30.3 Å². The summed E-state index contributed by atoms with van der Waals surface area (Å²) in [5.41, 5.74) is 1.02. The molecule has 1 aliphatic heterocycles. The Morgan fingerprint density at radius 2 is 1.80 bits per heavy atom. The van der Waals surface area contributed by atoms with Crippen LogP contribution in [0.5, 0.6) is 0 Å². The maximum atomic E-state index is 13.4. The van der Waals surface area contributed by atoms with Crippen molar-refractivity contribution >= 4 is 32.6 Å². The number of piperidine rings is 1. The highest BCUT2D eigenvalue weighted by molar-refractivity contribution is 14.1. The van der Waals surface area contributed by atoms with Crippen LogP contribution in [0.1, 0.15) is 18.4 Å². The lowest BCUT2D eigenvalue weighted by atomic mass is 10.1. The Balaban J connectivity index is 1.95. The van der Waals surface area contributed by atoms with E-state index in [1.165, 1.54) is 0 Å². The molecule has 0 spiro atoms. The predicted octanol–water partition coefficient (Wildman–Crippen LogP) is 3.58. The molecule has 4 nitrogen and oxygen atoms in total. The molecule has 1 atom stereocenters. The summed E-state index contributed by atoms with van der Waals surface area (Å²) >= 11 is 2.19. The molecule has 0 amide bonds. The van der Waals surface area contributed by atoms with Gasteiger partial charge in [0.2, 0.25) is 10.0 Å². The third kappa shape index (κ3) is 4.61. The number of hydrogen-bond donors (Lipinski definition) is 0. The summed E-state index contributed by atoms with van der Waals surface area (Å²) in [5, 5.41) is 0. The van der Waals surface area contributed by atoms with Crippen LogP contribution in [0.3, 0.4) is 0 Å². The molecule has 6 heteroatoms. The molecule has 1 saturated heterocycles. The Morgan fingerprint density at radius 3 is 2.44 bits per heavy atom. The van der Waals surface area contributed by atoms with Crippen molar-refractivity contribution in [3.63, 3.8) is 0 Å². The van der Waals surface area contributed by atoms with Crippen LogP contribution in [0.25, 0.3) is 0 Å². The number of nitrogens with zero attached hydrogens (tertiary/aromatic N) is 2. The monoisotopic (exact) mass is 470 g/mol. The van der Waals surface area contributed by atoms with Gasteiger partial charge < -0.3 is 4.90 Å². The number of benzene rings is 2. The molecule has 2 aromatic rings. The van der Waals surface area contributed by atoms with E-state index in [1.807, 2.05) is 42.5 Å². The van der Waals surface area contributed by atoms with Gasteiger partial charge in [-0.1, -0.05) is 30.3 Å². The van der Waals surface area contributed by atoms with E-state index < -0.39 is 10.0 Å². The van der Waals surface area contributed by atoms with Crippen molar-refractivity contribution in [2.75, 3.05) is 20.1 Å². The van der Waals surface area contributed by atoms with Gasteiger partial charge in [-0.2, -0.15) is 4.31 Å². The van der Waals surface area contributed by atoms with Crippen molar-refractivity contribution in [1.82, 2.24) is 9.21 Å². The fourth-order valence-electron chi connectivity index (χ4n) is 3.29. The summed E-state index contributed by atoms with van der Waals surface area (Å²) in [4.78, 5) is 2.59. The van der Waals surface area contributed by atoms with Gasteiger partial charge in [-0.25, -0.2) is 8.42 Å². The van der Waals surface area contributed by atoms with Crippen LogP contribution in [0.15, 0.2) is 59.5 Å². The van der Waals surface area contributed by atoms with Gasteiger partial charge in [0.05, 0.1) is 4.90 Å². The third-order valence-electron chi connectivity index (χ3n) is 4.61. The molecule has 0 N–H and O–H groups in total. The normalized spacial score (nSPS) is 19.2. The van der Waals surface area contributed by atoms with Crippen LogP contribution in [-0.4, -0.2) is 43.8 Å². The summed E-state index contributed by atoms with van der Waals surface area (Å²) in [6.07, 6.45) is 1.93. The molecule has 134 valence electrons. The molecule has 25 heavy (non-hydrogen) atoms. The largest absolute Gasteiger partial charge is 0.305 e. The summed E-state index contributed by atoms with van der Waals surface area (Å²) < 4.78 is 29.4. The summed E-state index contributed by atoms with van der Waals surface area (Å²) in [7, 11) is -1.48. The van der Waals surface area contributed by atoms with Crippen molar-refractivity contribution in [3.05, 3.63) is 63.7 Å². The Morgan fingerprint density at radius 1 is 1.12 bits per heavy atom. The Hall–Kier alpha value is -0.960. The zero-order chi connectivity index (χ0) is 17.9. The number of rotatable bonds is 5. The van der Waals surface area contributed by atoms with Crippen LogP contribution in [-0.2, 0) is 16.6 Å². The van der Waals surface area contributed by atoms with Gasteiger partial charge in [-0.15, -0.1) is 0 Å². The van der Waals surface area contributed by atoms with E-state index in [4.69, 9.17) is 0 Å². The van der Waals surface area contributed by atoms with E-state index in [9.17, 15) is 8.42 Å². The summed E-state index contributed by atoms with van der Waals surface area (Å²) in [6.45, 7) is 2.21. The highest BCUT2D eigenvalue weighted by atomic mass is 127. The fourth-order valence-corrected chi connectivity index (χ4v) is 5.28. The molecule has 0 aliphatic carbocycles. The smallest absolute Gasteiger partial charge is 0.243 e. The van der Waals surface area contributed by atoms with E-state index in [-0.39, 0.29) is 6.04 Å². The van der Waals surface area contributed by atoms with E-state index in [0.717, 1.165) is 35.1 Å². The van der Waals surface area contributed by atoms with Crippen molar-refractivity contribution < 1.29 is 8.42 Å². The number of hydrogen-bond acceptors (Lipinski definition) is 3. The maximum Gasteiger partial charge on any atom is 0.243 e. The van der Waals surface area contributed by atoms with Crippen LogP contribution >= 0.6 is 22.6 Å². The van der Waals surface area contributed by atoms with Crippen LogP contribution < -0.4 is 0 Å². The highest BCUT2D eigenvalue weighted by Crippen LogP contribution is 2.26. The average Bonchev–Trinajstić information content (AvgIpc) is 2.61. The quantitative estimate of drug-likeness (QED) is 0.628. The molecule has 0 radical (unpaired) electrons. The molecule has 1 aliphatic rings. The van der Waals surface area contributed by atoms with Gasteiger partial charge in [-0.3, -0.25) is 0 Å². The third-order valence-corrected chi connectivity index (χ3v) is 7.24. The summed E-state index contributed by atoms with van der Waals surface area (Å²) in [6, 6.07) is 17.0. The van der Waals surface area contributed by atoms with Gasteiger partial charge in [0.15, 0.2) is 0 Å². The lowest BCUT2D eigenvalue weighted by Gasteiger charge is -2.37. The number of sulfonamides is 1. The fraction of sp³-hybridized carbons (Fsp3) is 0.368. The first-order valence-electron chi connectivity index (χ1n) is 8.47. The van der Waals surface area contributed by atoms with E-state index in [2.05, 4.69) is 34.5 Å². The number of likely N-dealkylation sites (tertiary alicyclic amines) is 1. The topological polar surface area (TPSA) is 40.6 Å². The molecule has 1 heterocycles. The minimum absolute atomic E-state index is 0.00299. The van der Waals surface area contributed by atoms with Crippen LogP contribution in [0.2, 0.25) is 0 Å². The van der Waals surface area contributed by atoms with E-state index in [1.54, 1.807) is 16.4 Å². The summed E-state index contributed by atoms with van der Waals surface area (Å²) in [5.74, 6) is 0. The second kappa shape index (κ2) is 8.16. The minimum Gasteiger partial charge on any atom is -0.305 e. The van der Waals surface area contributed by atoms with E-state index >= 15 is 0 Å². The first-order valence-corrected chi connectivity index (χ1v) is 11.0. The first kappa shape index (κ1) is 18.8. The lowest BCUT2D eigenvalue weighted by Crippen LogP contribution is -2.48. The second-order valence-electron chi connectivity index (χ2n) is 6.55. The molecular formula is C19H23IN2O2S. The Labute approximate surface area is 164 Å². The zero-order valence-corrected chi connectivity index (χ0v) is 17.3. The zero-order valence-electron chi connectivity index (χ0n) is 14.3. The van der Waals surface area contributed by atoms with Gasteiger partial charge in [0, 0.05) is 22.7 Å². The number of halogens is 1. The minimum atomic E-state index is -3.54. The molecular weight excluding hydrogens is 447 g/mol. The molecule has 0 saturated carbocycles. The van der Waals surface area contributed by atoms with Crippen LogP contribution in [0.4, 0.5) is 0 Å². The Kier molecular flexibility index (Phi) is 6.14. The Bertz CT molecular complexity index is 794. The predicted molar refractivity (Wildman–Crippen MR) is 109 cm³/mol. The van der Waals surface area contributed by atoms with Crippen molar-refractivity contribution in [2.24, 2.45) is 0 Å². The number of likely N-dealkylation sites (N-methyl/N-ethyl adjacent to an activating group) is 1. The highest BCUT2D eigenvalue weighted by Gasteiger charge is 2.33. The second-order valence-corrected chi connectivity index (χ2v) is 9.68. The molecule has 2 aromatic carbocycles. The van der Waals surface area contributed by atoms with Crippen molar-refractivity contribution in [1.29, 1.82) is 0 Å². The standard InChI is InChI=1S/C19H23IN2O2S/c1-21-13-5-8-18(15-21)22(14-16-6-3-2-4-7-16)25(23,24)19-11-9-17(20)10-12-19/h2-4,6-7,9-12,18H,5,8,13-15H2,1H3. The molecule has 0 bridgehead atoms. The van der Waals surface area contributed by atoms with E-state index in [0.29, 0.717) is 11.4 Å². The molecule has 1 unspecified atom stereocenters.